The Morgan fingerprint density at radius 3 is 2.96 bits per heavy atom. The Hall–Kier alpha value is -2.91. The van der Waals surface area contributed by atoms with Crippen molar-refractivity contribution in [2.45, 2.75) is 12.1 Å². The third kappa shape index (κ3) is 3.21. The van der Waals surface area contributed by atoms with Crippen LogP contribution in [-0.4, -0.2) is 20.3 Å². The number of rotatable bonds is 4. The van der Waals surface area contributed by atoms with Gasteiger partial charge in [-0.1, -0.05) is 30.0 Å². The molecular formula is C18H14N4OS. The molecule has 5 nitrogen and oxygen atoms in total. The fourth-order valence-electron chi connectivity index (χ4n) is 2.28. The van der Waals surface area contributed by atoms with Crippen LogP contribution in [0.25, 0.3) is 16.7 Å². The first-order chi connectivity index (χ1) is 11.7. The minimum Gasteiger partial charge on any atom is -0.268 e. The number of fused-ring (bicyclic) bond motifs is 1. The van der Waals surface area contributed by atoms with E-state index in [2.05, 4.69) is 9.97 Å². The van der Waals surface area contributed by atoms with Crippen molar-refractivity contribution in [2.75, 3.05) is 5.75 Å². The summed E-state index contributed by atoms with van der Waals surface area (Å²) in [7, 11) is 0. The summed E-state index contributed by atoms with van der Waals surface area (Å²) in [6.45, 7) is 1.95. The van der Waals surface area contributed by atoms with E-state index < -0.39 is 0 Å². The summed E-state index contributed by atoms with van der Waals surface area (Å²) in [6, 6.07) is 12.9. The third-order valence-electron chi connectivity index (χ3n) is 3.38. The Morgan fingerprint density at radius 1 is 1.33 bits per heavy atom. The van der Waals surface area contributed by atoms with Crippen LogP contribution in [0.2, 0.25) is 0 Å². The Bertz CT molecular complexity index is 1020. The molecule has 0 unspecified atom stereocenters. The van der Waals surface area contributed by atoms with Gasteiger partial charge in [-0.05, 0) is 36.8 Å². The van der Waals surface area contributed by atoms with Gasteiger partial charge in [0.05, 0.1) is 17.0 Å². The number of para-hydroxylation sites is 1. The van der Waals surface area contributed by atoms with Gasteiger partial charge in [0, 0.05) is 18.0 Å². The zero-order chi connectivity index (χ0) is 16.9. The molecule has 0 aliphatic carbocycles. The maximum atomic E-state index is 12.9. The quantitative estimate of drug-likeness (QED) is 0.416. The van der Waals surface area contributed by atoms with Crippen molar-refractivity contribution in [3.05, 3.63) is 70.7 Å². The number of benzene rings is 1. The first kappa shape index (κ1) is 16.0. The normalized spacial score (nSPS) is 11.0. The van der Waals surface area contributed by atoms with Gasteiger partial charge in [0.15, 0.2) is 5.16 Å². The van der Waals surface area contributed by atoms with Crippen molar-refractivity contribution in [2.24, 2.45) is 0 Å². The van der Waals surface area contributed by atoms with Gasteiger partial charge in [0.2, 0.25) is 0 Å². The number of hydrogen-bond donors (Lipinski definition) is 0. The Balaban J connectivity index is 2.20. The topological polar surface area (TPSA) is 71.6 Å². The molecule has 2 heterocycles. The number of hydrogen-bond acceptors (Lipinski definition) is 5. The Kier molecular flexibility index (Phi) is 4.73. The van der Waals surface area contributed by atoms with E-state index >= 15 is 0 Å². The van der Waals surface area contributed by atoms with E-state index in [4.69, 9.17) is 5.26 Å². The molecule has 24 heavy (non-hydrogen) atoms. The van der Waals surface area contributed by atoms with Crippen molar-refractivity contribution in [3.63, 3.8) is 0 Å². The van der Waals surface area contributed by atoms with E-state index in [1.165, 1.54) is 22.4 Å². The second-order valence-corrected chi connectivity index (χ2v) is 6.07. The van der Waals surface area contributed by atoms with Crippen LogP contribution in [0, 0.1) is 18.3 Å². The van der Waals surface area contributed by atoms with E-state index in [-0.39, 0.29) is 5.56 Å². The number of pyridine rings is 1. The predicted molar refractivity (Wildman–Crippen MR) is 95.3 cm³/mol. The summed E-state index contributed by atoms with van der Waals surface area (Å²) in [5, 5.41) is 9.69. The number of thioether (sulfide) groups is 1. The molecule has 0 N–H and O–H groups in total. The largest absolute Gasteiger partial charge is 0.268 e. The predicted octanol–water partition coefficient (Wildman–Crippen LogP) is 3.26. The van der Waals surface area contributed by atoms with Gasteiger partial charge < -0.3 is 0 Å². The van der Waals surface area contributed by atoms with E-state index in [9.17, 15) is 4.79 Å². The highest BCUT2D eigenvalue weighted by Gasteiger charge is 2.13. The number of aromatic nitrogens is 3. The fraction of sp³-hybridized carbons (Fsp3) is 0.111. The molecule has 0 spiro atoms. The highest BCUT2D eigenvalue weighted by molar-refractivity contribution is 7.99. The SMILES string of the molecule is Cc1ccnc(-n2c(SCC=CC#N)nc3ccccc3c2=O)c1. The van der Waals surface area contributed by atoms with Gasteiger partial charge >= 0.3 is 0 Å². The standard InChI is InChI=1S/C18H14N4OS/c1-13-8-10-20-16(12-13)22-17(23)14-6-2-3-7-15(14)21-18(22)24-11-5-4-9-19/h2-8,10,12H,11H2,1H3. The summed E-state index contributed by atoms with van der Waals surface area (Å²) < 4.78 is 1.53. The average molecular weight is 334 g/mol. The van der Waals surface area contributed by atoms with Gasteiger partial charge in [0.1, 0.15) is 5.82 Å². The highest BCUT2D eigenvalue weighted by atomic mass is 32.2. The van der Waals surface area contributed by atoms with Crippen molar-refractivity contribution in [3.8, 4) is 11.9 Å². The fourth-order valence-corrected chi connectivity index (χ4v) is 3.09. The number of aryl methyl sites for hydroxylation is 1. The smallest absolute Gasteiger partial charge is 0.267 e. The number of nitrogens with zero attached hydrogens (tertiary/aromatic N) is 4. The lowest BCUT2D eigenvalue weighted by Gasteiger charge is -2.12. The minimum atomic E-state index is -0.148. The second kappa shape index (κ2) is 7.11. The summed E-state index contributed by atoms with van der Waals surface area (Å²) in [5.41, 5.74) is 1.52. The molecule has 0 aliphatic rings. The average Bonchev–Trinajstić information content (AvgIpc) is 2.59. The van der Waals surface area contributed by atoms with Crippen molar-refractivity contribution < 1.29 is 0 Å². The first-order valence-electron chi connectivity index (χ1n) is 7.33. The Morgan fingerprint density at radius 2 is 2.17 bits per heavy atom. The number of allylic oxidation sites excluding steroid dienone is 1. The summed E-state index contributed by atoms with van der Waals surface area (Å²) >= 11 is 1.39. The molecule has 2 aromatic heterocycles. The lowest BCUT2D eigenvalue weighted by atomic mass is 10.2. The molecule has 0 saturated heterocycles. The van der Waals surface area contributed by atoms with E-state index in [0.717, 1.165) is 5.56 Å². The van der Waals surface area contributed by atoms with Crippen LogP contribution in [-0.2, 0) is 0 Å². The van der Waals surface area contributed by atoms with Crippen LogP contribution < -0.4 is 5.56 Å². The monoisotopic (exact) mass is 334 g/mol. The molecule has 0 bridgehead atoms. The van der Waals surface area contributed by atoms with E-state index in [0.29, 0.717) is 27.6 Å². The van der Waals surface area contributed by atoms with E-state index in [1.807, 2.05) is 43.3 Å². The maximum Gasteiger partial charge on any atom is 0.267 e. The molecule has 0 amide bonds. The summed E-state index contributed by atoms with van der Waals surface area (Å²) in [6.07, 6.45) is 4.83. The van der Waals surface area contributed by atoms with Crippen LogP contribution in [0.15, 0.2) is 64.7 Å². The van der Waals surface area contributed by atoms with Gasteiger partial charge in [-0.2, -0.15) is 5.26 Å². The van der Waals surface area contributed by atoms with Crippen LogP contribution in [0.3, 0.4) is 0 Å². The van der Waals surface area contributed by atoms with Crippen LogP contribution in [0.5, 0.6) is 0 Å². The second-order valence-electron chi connectivity index (χ2n) is 5.09. The molecule has 1 aromatic carbocycles. The molecule has 0 radical (unpaired) electrons. The lowest BCUT2D eigenvalue weighted by Crippen LogP contribution is -2.22. The maximum absolute atomic E-state index is 12.9. The molecule has 0 fully saturated rings. The Labute approximate surface area is 143 Å². The number of nitriles is 1. The molecule has 3 rings (SSSR count). The van der Waals surface area contributed by atoms with Gasteiger partial charge in [-0.25, -0.2) is 14.5 Å². The minimum absolute atomic E-state index is 0.148. The van der Waals surface area contributed by atoms with Crippen molar-refractivity contribution in [1.82, 2.24) is 14.5 Å². The van der Waals surface area contributed by atoms with Crippen molar-refractivity contribution in [1.29, 1.82) is 5.26 Å². The first-order valence-corrected chi connectivity index (χ1v) is 8.31. The molecule has 0 atom stereocenters. The van der Waals surface area contributed by atoms with Crippen molar-refractivity contribution >= 4 is 22.7 Å². The summed E-state index contributed by atoms with van der Waals surface area (Å²) in [5.74, 6) is 1.09. The molecule has 6 heteroatoms. The third-order valence-corrected chi connectivity index (χ3v) is 4.27. The van der Waals surface area contributed by atoms with Gasteiger partial charge in [-0.15, -0.1) is 0 Å². The van der Waals surface area contributed by atoms with E-state index in [1.54, 1.807) is 18.3 Å². The summed E-state index contributed by atoms with van der Waals surface area (Å²) in [4.78, 5) is 21.9. The molecule has 0 saturated carbocycles. The van der Waals surface area contributed by atoms with Crippen LogP contribution >= 0.6 is 11.8 Å². The lowest BCUT2D eigenvalue weighted by molar-refractivity contribution is 0.795. The van der Waals surface area contributed by atoms with Crippen LogP contribution in [0.1, 0.15) is 5.56 Å². The zero-order valence-electron chi connectivity index (χ0n) is 13.0. The van der Waals surface area contributed by atoms with Gasteiger partial charge in [0.25, 0.3) is 5.56 Å². The molecule has 118 valence electrons. The molecule has 3 aromatic rings. The van der Waals surface area contributed by atoms with Gasteiger partial charge in [-0.3, -0.25) is 4.79 Å². The molecule has 0 aliphatic heterocycles. The highest BCUT2D eigenvalue weighted by Crippen LogP contribution is 2.20. The van der Waals surface area contributed by atoms with Crippen LogP contribution in [0.4, 0.5) is 0 Å². The molecular weight excluding hydrogens is 320 g/mol. The zero-order valence-corrected chi connectivity index (χ0v) is 13.8.